The van der Waals surface area contributed by atoms with Crippen molar-refractivity contribution in [3.8, 4) is 0 Å². The zero-order valence-electron chi connectivity index (χ0n) is 12.7. The first-order chi connectivity index (χ1) is 9.29. The van der Waals surface area contributed by atoms with E-state index in [1.807, 2.05) is 0 Å². The van der Waals surface area contributed by atoms with Gasteiger partial charge in [0.15, 0.2) is 0 Å². The maximum Gasteiger partial charge on any atom is 0.333 e. The van der Waals surface area contributed by atoms with Crippen LogP contribution in [0.25, 0.3) is 0 Å². The summed E-state index contributed by atoms with van der Waals surface area (Å²) in [6.45, 7) is 8.49. The average Bonchev–Trinajstić information content (AvgIpc) is 2.33. The Morgan fingerprint density at radius 2 is 1.90 bits per heavy atom. The zero-order valence-corrected chi connectivity index (χ0v) is 12.7. The lowest BCUT2D eigenvalue weighted by Crippen LogP contribution is -2.58. The van der Waals surface area contributed by atoms with Gasteiger partial charge in [0.05, 0.1) is 6.61 Å². The second-order valence-electron chi connectivity index (χ2n) is 8.33. The molecule has 4 aliphatic rings. The normalized spacial score (nSPS) is 45.5. The molecule has 0 spiro atoms. The fourth-order valence-corrected chi connectivity index (χ4v) is 6.04. The molecular weight excluding hydrogens is 252 g/mol. The Balaban J connectivity index is 1.79. The van der Waals surface area contributed by atoms with Gasteiger partial charge in [0, 0.05) is 17.6 Å². The highest BCUT2D eigenvalue weighted by Gasteiger charge is 2.61. The van der Waals surface area contributed by atoms with Gasteiger partial charge in [-0.1, -0.05) is 13.5 Å². The number of esters is 1. The minimum absolute atomic E-state index is 0.0871. The first-order valence-electron chi connectivity index (χ1n) is 7.73. The predicted molar refractivity (Wildman–Crippen MR) is 77.0 cm³/mol. The largest absolute Gasteiger partial charge is 0.462 e. The van der Waals surface area contributed by atoms with Crippen molar-refractivity contribution in [2.24, 2.45) is 22.2 Å². The number of carbonyl (C=O) groups is 1. The van der Waals surface area contributed by atoms with E-state index in [1.54, 1.807) is 6.92 Å². The molecule has 4 unspecified atom stereocenters. The number of carbonyl (C=O) groups excluding carboxylic acids is 1. The lowest BCUT2D eigenvalue weighted by Gasteiger charge is -2.65. The van der Waals surface area contributed by atoms with Crippen molar-refractivity contribution in [3.05, 3.63) is 12.2 Å². The second-order valence-corrected chi connectivity index (χ2v) is 8.33. The SMILES string of the molecule is C=C(C)C(=O)OCC12CC3CC(C)(CC(CO)(C3)C1)C2. The Bertz CT molecular complexity index is 457. The van der Waals surface area contributed by atoms with Gasteiger partial charge in [0.25, 0.3) is 0 Å². The summed E-state index contributed by atoms with van der Waals surface area (Å²) in [4.78, 5) is 11.7. The van der Waals surface area contributed by atoms with E-state index in [-0.39, 0.29) is 23.4 Å². The van der Waals surface area contributed by atoms with Crippen LogP contribution in [0.3, 0.4) is 0 Å². The van der Waals surface area contributed by atoms with Crippen LogP contribution in [0, 0.1) is 22.2 Å². The number of hydrogen-bond donors (Lipinski definition) is 1. The highest BCUT2D eigenvalue weighted by Crippen LogP contribution is 2.69. The molecule has 0 aromatic rings. The molecule has 0 aliphatic heterocycles. The van der Waals surface area contributed by atoms with Crippen LogP contribution in [-0.4, -0.2) is 24.3 Å². The number of rotatable bonds is 4. The first-order valence-corrected chi connectivity index (χ1v) is 7.73. The molecule has 4 saturated carbocycles. The van der Waals surface area contributed by atoms with Crippen molar-refractivity contribution in [2.75, 3.05) is 13.2 Å². The van der Waals surface area contributed by atoms with Crippen LogP contribution >= 0.6 is 0 Å². The van der Waals surface area contributed by atoms with E-state index in [9.17, 15) is 9.90 Å². The van der Waals surface area contributed by atoms with Gasteiger partial charge in [0.1, 0.15) is 0 Å². The molecule has 4 bridgehead atoms. The van der Waals surface area contributed by atoms with Gasteiger partial charge in [-0.2, -0.15) is 0 Å². The van der Waals surface area contributed by atoms with Gasteiger partial charge in [-0.15, -0.1) is 0 Å². The van der Waals surface area contributed by atoms with E-state index in [0.29, 0.717) is 23.5 Å². The van der Waals surface area contributed by atoms with Crippen molar-refractivity contribution in [2.45, 2.75) is 52.4 Å². The summed E-state index contributed by atoms with van der Waals surface area (Å²) in [6, 6.07) is 0. The Labute approximate surface area is 121 Å². The maximum absolute atomic E-state index is 11.7. The van der Waals surface area contributed by atoms with E-state index in [4.69, 9.17) is 4.74 Å². The van der Waals surface area contributed by atoms with Crippen LogP contribution in [0.2, 0.25) is 0 Å². The molecular formula is C17H26O3. The minimum atomic E-state index is -0.274. The lowest BCUT2D eigenvalue weighted by atomic mass is 9.40. The number of ether oxygens (including phenoxy) is 1. The molecule has 4 fully saturated rings. The van der Waals surface area contributed by atoms with E-state index in [0.717, 1.165) is 32.1 Å². The van der Waals surface area contributed by atoms with E-state index < -0.39 is 0 Å². The Hall–Kier alpha value is -0.830. The monoisotopic (exact) mass is 278 g/mol. The average molecular weight is 278 g/mol. The predicted octanol–water partition coefficient (Wildman–Crippen LogP) is 3.07. The van der Waals surface area contributed by atoms with Crippen LogP contribution < -0.4 is 0 Å². The fourth-order valence-electron chi connectivity index (χ4n) is 6.04. The number of aliphatic hydroxyl groups is 1. The van der Waals surface area contributed by atoms with E-state index in [2.05, 4.69) is 13.5 Å². The van der Waals surface area contributed by atoms with Crippen LogP contribution in [0.4, 0.5) is 0 Å². The fraction of sp³-hybridized carbons (Fsp3) is 0.824. The molecule has 4 rings (SSSR count). The summed E-state index contributed by atoms with van der Waals surface area (Å²) >= 11 is 0. The molecule has 0 saturated heterocycles. The summed E-state index contributed by atoms with van der Waals surface area (Å²) in [5, 5.41) is 9.90. The van der Waals surface area contributed by atoms with Gasteiger partial charge in [-0.05, 0) is 62.2 Å². The molecule has 1 N–H and O–H groups in total. The molecule has 3 heteroatoms. The first kappa shape index (κ1) is 14.1. The second kappa shape index (κ2) is 4.33. The molecule has 4 aliphatic carbocycles. The van der Waals surface area contributed by atoms with Gasteiger partial charge in [-0.3, -0.25) is 0 Å². The van der Waals surface area contributed by atoms with Crippen molar-refractivity contribution < 1.29 is 14.6 Å². The van der Waals surface area contributed by atoms with E-state index >= 15 is 0 Å². The van der Waals surface area contributed by atoms with Crippen LogP contribution in [-0.2, 0) is 9.53 Å². The van der Waals surface area contributed by atoms with E-state index in [1.165, 1.54) is 6.42 Å². The third kappa shape index (κ3) is 2.20. The van der Waals surface area contributed by atoms with Gasteiger partial charge >= 0.3 is 5.97 Å². The maximum atomic E-state index is 11.7. The van der Waals surface area contributed by atoms with Gasteiger partial charge < -0.3 is 9.84 Å². The highest BCUT2D eigenvalue weighted by atomic mass is 16.5. The zero-order chi connectivity index (χ0) is 14.6. The topological polar surface area (TPSA) is 46.5 Å². The van der Waals surface area contributed by atoms with Crippen molar-refractivity contribution in [1.82, 2.24) is 0 Å². The molecule has 112 valence electrons. The molecule has 0 aromatic carbocycles. The quantitative estimate of drug-likeness (QED) is 0.635. The Kier molecular flexibility index (Phi) is 3.06. The van der Waals surface area contributed by atoms with Crippen molar-refractivity contribution in [3.63, 3.8) is 0 Å². The van der Waals surface area contributed by atoms with Crippen molar-refractivity contribution >= 4 is 5.97 Å². The molecule has 0 radical (unpaired) electrons. The third-order valence-electron chi connectivity index (χ3n) is 5.77. The molecule has 0 amide bonds. The lowest BCUT2D eigenvalue weighted by molar-refractivity contribution is -0.188. The molecule has 4 atom stereocenters. The van der Waals surface area contributed by atoms with Crippen molar-refractivity contribution in [1.29, 1.82) is 0 Å². The third-order valence-corrected chi connectivity index (χ3v) is 5.77. The standard InChI is InChI=1S/C17H26O3/c1-12(2)14(19)20-11-17-6-13-4-15(3,8-17)7-16(5-13,9-17)10-18/h13,18H,1,4-11H2,2-3H3. The number of aliphatic hydroxyl groups excluding tert-OH is 1. The van der Waals surface area contributed by atoms with Gasteiger partial charge in [-0.25, -0.2) is 4.79 Å². The smallest absolute Gasteiger partial charge is 0.333 e. The molecule has 0 aromatic heterocycles. The Morgan fingerprint density at radius 1 is 1.25 bits per heavy atom. The number of hydrogen-bond acceptors (Lipinski definition) is 3. The Morgan fingerprint density at radius 3 is 2.50 bits per heavy atom. The van der Waals surface area contributed by atoms with Crippen LogP contribution in [0.5, 0.6) is 0 Å². The summed E-state index contributed by atoms with van der Waals surface area (Å²) in [7, 11) is 0. The van der Waals surface area contributed by atoms with Gasteiger partial charge in [0.2, 0.25) is 0 Å². The van der Waals surface area contributed by atoms with Crippen LogP contribution in [0.15, 0.2) is 12.2 Å². The summed E-state index contributed by atoms with van der Waals surface area (Å²) in [5.41, 5.74) is 0.988. The molecule has 20 heavy (non-hydrogen) atoms. The highest BCUT2D eigenvalue weighted by molar-refractivity contribution is 5.86. The molecule has 0 heterocycles. The molecule has 3 nitrogen and oxygen atoms in total. The van der Waals surface area contributed by atoms with Crippen LogP contribution in [0.1, 0.15) is 52.4 Å². The minimum Gasteiger partial charge on any atom is -0.462 e. The summed E-state index contributed by atoms with van der Waals surface area (Å²) in [6.07, 6.45) is 6.91. The summed E-state index contributed by atoms with van der Waals surface area (Å²) in [5.74, 6) is 0.427. The summed E-state index contributed by atoms with van der Waals surface area (Å²) < 4.78 is 5.50.